The molecule has 216 valence electrons. The molecule has 4 aromatic carbocycles. The van der Waals surface area contributed by atoms with Crippen molar-refractivity contribution in [3.8, 4) is 45.3 Å². The number of hydrogen-bond acceptors (Lipinski definition) is 3. The molecule has 2 aromatic heterocycles. The van der Waals surface area contributed by atoms with Crippen molar-refractivity contribution in [2.75, 3.05) is 0 Å². The molecule has 0 amide bonds. The monoisotopic (exact) mass is 565 g/mol. The molecule has 43 heavy (non-hydrogen) atoms. The van der Waals surface area contributed by atoms with Crippen LogP contribution in [0.1, 0.15) is 76.0 Å². The first kappa shape index (κ1) is 28.4. The number of benzene rings is 4. The quantitative estimate of drug-likeness (QED) is 0.209. The second-order valence-corrected chi connectivity index (χ2v) is 12.3. The summed E-state index contributed by atoms with van der Waals surface area (Å²) in [7, 11) is 0. The van der Waals surface area contributed by atoms with Crippen molar-refractivity contribution in [1.82, 2.24) is 14.5 Å². The van der Waals surface area contributed by atoms with Crippen LogP contribution in [0.15, 0.2) is 103 Å². The van der Waals surface area contributed by atoms with Crippen LogP contribution >= 0.6 is 0 Å². The predicted octanol–water partition coefficient (Wildman–Crippen LogP) is 10.5. The van der Waals surface area contributed by atoms with E-state index in [4.69, 9.17) is 9.97 Å². The number of phenolic OH excluding ortho intramolecular Hbond substituents is 1. The van der Waals surface area contributed by atoms with E-state index in [0.717, 1.165) is 39.4 Å². The van der Waals surface area contributed by atoms with Gasteiger partial charge in [-0.25, -0.2) is 4.98 Å². The molecule has 0 saturated heterocycles. The molecule has 0 aliphatic heterocycles. The molecule has 4 nitrogen and oxygen atoms in total. The number of pyridine rings is 1. The molecule has 6 rings (SSSR count). The van der Waals surface area contributed by atoms with E-state index in [0.29, 0.717) is 23.3 Å². The molecule has 6 aromatic rings. The number of aromatic hydroxyl groups is 1. The normalized spacial score (nSPS) is 11.7. The van der Waals surface area contributed by atoms with Crippen molar-refractivity contribution >= 4 is 10.8 Å². The lowest BCUT2D eigenvalue weighted by molar-refractivity contribution is 0.477. The van der Waals surface area contributed by atoms with Gasteiger partial charge in [-0.2, -0.15) is 0 Å². The Morgan fingerprint density at radius 2 is 1.30 bits per heavy atom. The summed E-state index contributed by atoms with van der Waals surface area (Å²) >= 11 is 0. The summed E-state index contributed by atoms with van der Waals surface area (Å²) in [5, 5.41) is 13.3. The van der Waals surface area contributed by atoms with Crippen LogP contribution in [0.5, 0.6) is 5.75 Å². The molecule has 0 radical (unpaired) electrons. The van der Waals surface area contributed by atoms with Gasteiger partial charge in [0.05, 0.1) is 22.6 Å². The smallest absolute Gasteiger partial charge is 0.148 e. The second-order valence-electron chi connectivity index (χ2n) is 12.3. The van der Waals surface area contributed by atoms with Crippen molar-refractivity contribution in [2.24, 2.45) is 0 Å². The first-order valence-corrected chi connectivity index (χ1v) is 15.2. The Morgan fingerprint density at radius 1 is 0.628 bits per heavy atom. The molecule has 0 bridgehead atoms. The number of hydrogen-bond donors (Lipinski definition) is 1. The number of rotatable bonds is 7. The molecule has 0 spiro atoms. The lowest BCUT2D eigenvalue weighted by Gasteiger charge is -2.22. The van der Waals surface area contributed by atoms with E-state index in [-0.39, 0.29) is 5.75 Å². The molecule has 0 aliphatic carbocycles. The zero-order chi connectivity index (χ0) is 30.2. The molecule has 2 heterocycles. The van der Waals surface area contributed by atoms with Crippen LogP contribution in [0.25, 0.3) is 50.4 Å². The molecule has 4 heteroatoms. The lowest BCUT2D eigenvalue weighted by atomic mass is 9.92. The maximum atomic E-state index is 10.9. The minimum absolute atomic E-state index is 0.212. The highest BCUT2D eigenvalue weighted by atomic mass is 16.3. The van der Waals surface area contributed by atoms with E-state index in [2.05, 4.69) is 119 Å². The number of nitrogens with zero attached hydrogens (tertiary/aromatic N) is 3. The van der Waals surface area contributed by atoms with Gasteiger partial charge in [-0.05, 0) is 70.2 Å². The van der Waals surface area contributed by atoms with Gasteiger partial charge in [-0.3, -0.25) is 9.55 Å². The van der Waals surface area contributed by atoms with E-state index in [1.54, 1.807) is 6.07 Å². The van der Waals surface area contributed by atoms with Gasteiger partial charge in [-0.1, -0.05) is 102 Å². The van der Waals surface area contributed by atoms with Gasteiger partial charge >= 0.3 is 0 Å². The summed E-state index contributed by atoms with van der Waals surface area (Å²) in [5.74, 6) is 2.04. The van der Waals surface area contributed by atoms with E-state index in [1.165, 1.54) is 22.1 Å². The highest BCUT2D eigenvalue weighted by molar-refractivity contribution is 5.86. The Kier molecular flexibility index (Phi) is 7.62. The SMILES string of the molecule is CC(C)c1ccc2cc(-c3cccc(-c4cn(-c5c(C(C)C)cccc5C(C)C)c(-c5ccccc5O)n4)c3)ncc2c1. The molecule has 0 fully saturated rings. The van der Waals surface area contributed by atoms with Gasteiger partial charge in [0.2, 0.25) is 0 Å². The minimum atomic E-state index is 0.212. The fourth-order valence-electron chi connectivity index (χ4n) is 5.85. The van der Waals surface area contributed by atoms with Gasteiger partial charge in [0.15, 0.2) is 0 Å². The second kappa shape index (κ2) is 11.5. The standard InChI is InChI=1S/C39H39N3O/c1-24(2)27-17-18-28-21-35(40-22-31(28)19-27)29-11-9-12-30(20-29)36-23-42(39(41-36)34-13-7-8-16-37(34)43)38-32(25(3)4)14-10-15-33(38)26(5)6/h7-26,43H,1-6H3. The van der Waals surface area contributed by atoms with E-state index < -0.39 is 0 Å². The number of para-hydroxylation sites is 2. The molecule has 1 N–H and O–H groups in total. The van der Waals surface area contributed by atoms with Crippen LogP contribution < -0.4 is 0 Å². The van der Waals surface area contributed by atoms with Crippen LogP contribution in [0.4, 0.5) is 0 Å². The summed E-state index contributed by atoms with van der Waals surface area (Å²) in [4.78, 5) is 10.0. The maximum Gasteiger partial charge on any atom is 0.148 e. The Labute approximate surface area is 254 Å². The van der Waals surface area contributed by atoms with Gasteiger partial charge in [0.25, 0.3) is 0 Å². The summed E-state index contributed by atoms with van der Waals surface area (Å²) in [6, 6.07) is 31.2. The van der Waals surface area contributed by atoms with Crippen molar-refractivity contribution in [3.05, 3.63) is 120 Å². The maximum absolute atomic E-state index is 10.9. The third kappa shape index (κ3) is 5.46. The number of phenols is 1. The summed E-state index contributed by atoms with van der Waals surface area (Å²) in [6.07, 6.45) is 4.10. The first-order valence-electron chi connectivity index (χ1n) is 15.2. The summed E-state index contributed by atoms with van der Waals surface area (Å²) < 4.78 is 2.18. The highest BCUT2D eigenvalue weighted by Crippen LogP contribution is 2.38. The van der Waals surface area contributed by atoms with Crippen LogP contribution in [0.2, 0.25) is 0 Å². The van der Waals surface area contributed by atoms with Gasteiger partial charge in [-0.15, -0.1) is 0 Å². The molecular weight excluding hydrogens is 526 g/mol. The Bertz CT molecular complexity index is 1900. The van der Waals surface area contributed by atoms with Crippen LogP contribution in [0, 0.1) is 0 Å². The molecule has 0 unspecified atom stereocenters. The van der Waals surface area contributed by atoms with Gasteiger partial charge < -0.3 is 5.11 Å². The Morgan fingerprint density at radius 3 is 1.98 bits per heavy atom. The van der Waals surface area contributed by atoms with Crippen LogP contribution in [-0.4, -0.2) is 19.6 Å². The third-order valence-corrected chi connectivity index (χ3v) is 8.30. The number of imidazole rings is 1. The van der Waals surface area contributed by atoms with E-state index >= 15 is 0 Å². The first-order chi connectivity index (χ1) is 20.7. The third-order valence-electron chi connectivity index (χ3n) is 8.30. The largest absolute Gasteiger partial charge is 0.507 e. The molecule has 0 atom stereocenters. The van der Waals surface area contributed by atoms with E-state index in [9.17, 15) is 5.11 Å². The fourth-order valence-corrected chi connectivity index (χ4v) is 5.85. The fraction of sp³-hybridized carbons (Fsp3) is 0.231. The number of fused-ring (bicyclic) bond motifs is 1. The topological polar surface area (TPSA) is 50.9 Å². The zero-order valence-corrected chi connectivity index (χ0v) is 25.8. The Balaban J connectivity index is 1.51. The highest BCUT2D eigenvalue weighted by Gasteiger charge is 2.22. The molecule has 0 aliphatic rings. The van der Waals surface area contributed by atoms with Crippen molar-refractivity contribution in [1.29, 1.82) is 0 Å². The summed E-state index contributed by atoms with van der Waals surface area (Å²) in [6.45, 7) is 13.3. The molecular formula is C39H39N3O. The van der Waals surface area contributed by atoms with Gasteiger partial charge in [0, 0.05) is 28.9 Å². The average Bonchev–Trinajstić information content (AvgIpc) is 3.45. The number of aromatic nitrogens is 3. The van der Waals surface area contributed by atoms with Crippen molar-refractivity contribution in [2.45, 2.75) is 59.3 Å². The van der Waals surface area contributed by atoms with Gasteiger partial charge in [0.1, 0.15) is 11.6 Å². The van der Waals surface area contributed by atoms with Crippen molar-refractivity contribution < 1.29 is 5.11 Å². The zero-order valence-electron chi connectivity index (χ0n) is 25.8. The molecule has 0 saturated carbocycles. The predicted molar refractivity (Wildman–Crippen MR) is 179 cm³/mol. The average molecular weight is 566 g/mol. The van der Waals surface area contributed by atoms with Crippen LogP contribution in [-0.2, 0) is 0 Å². The van der Waals surface area contributed by atoms with E-state index in [1.807, 2.05) is 24.4 Å². The lowest BCUT2D eigenvalue weighted by Crippen LogP contribution is -2.07. The van der Waals surface area contributed by atoms with Crippen LogP contribution in [0.3, 0.4) is 0 Å². The minimum Gasteiger partial charge on any atom is -0.507 e. The summed E-state index contributed by atoms with van der Waals surface area (Å²) in [5.41, 5.74) is 9.47. The van der Waals surface area contributed by atoms with Crippen molar-refractivity contribution in [3.63, 3.8) is 0 Å². The Hall–Kier alpha value is -4.70.